The SMILES string of the molecule is CN=C(NCCc1cccc(OC)c1)NCC1(CCOC)CCCC1. The minimum absolute atomic E-state index is 0.362. The van der Waals surface area contributed by atoms with Gasteiger partial charge in [-0.1, -0.05) is 25.0 Å². The summed E-state index contributed by atoms with van der Waals surface area (Å²) in [6.45, 7) is 2.65. The fourth-order valence-corrected chi connectivity index (χ4v) is 3.60. The van der Waals surface area contributed by atoms with Crippen LogP contribution in [0, 0.1) is 5.41 Å². The molecule has 0 atom stereocenters. The van der Waals surface area contributed by atoms with Crippen LogP contribution in [0.15, 0.2) is 29.3 Å². The molecule has 1 fully saturated rings. The molecule has 0 aliphatic heterocycles. The number of guanidine groups is 1. The number of ether oxygens (including phenoxy) is 2. The molecule has 5 nitrogen and oxygen atoms in total. The molecule has 2 N–H and O–H groups in total. The second-order valence-corrected chi connectivity index (χ2v) is 6.90. The lowest BCUT2D eigenvalue weighted by atomic mass is 9.83. The van der Waals surface area contributed by atoms with Gasteiger partial charge in [-0.2, -0.15) is 0 Å². The number of hydrogen-bond donors (Lipinski definition) is 2. The highest BCUT2D eigenvalue weighted by atomic mass is 16.5. The van der Waals surface area contributed by atoms with Gasteiger partial charge in [-0.15, -0.1) is 0 Å². The standard InChI is InChI=1S/C20H33N3O2/c1-21-19(22-13-9-17-7-6-8-18(15-17)25-3)23-16-20(12-14-24-2)10-4-5-11-20/h6-8,15H,4-5,9-14,16H2,1-3H3,(H2,21,22,23). The van der Waals surface area contributed by atoms with Crippen LogP contribution in [-0.4, -0.2) is 46.9 Å². The monoisotopic (exact) mass is 347 g/mol. The number of aliphatic imine (C=N–C) groups is 1. The van der Waals surface area contributed by atoms with Gasteiger partial charge in [-0.05, 0) is 48.8 Å². The molecule has 1 saturated carbocycles. The molecule has 0 saturated heterocycles. The van der Waals surface area contributed by atoms with Gasteiger partial charge in [0.05, 0.1) is 7.11 Å². The van der Waals surface area contributed by atoms with Crippen molar-refractivity contribution in [3.05, 3.63) is 29.8 Å². The molecule has 25 heavy (non-hydrogen) atoms. The molecule has 0 aromatic heterocycles. The van der Waals surface area contributed by atoms with Gasteiger partial charge < -0.3 is 20.1 Å². The molecule has 0 amide bonds. The van der Waals surface area contributed by atoms with E-state index in [1.807, 2.05) is 19.2 Å². The van der Waals surface area contributed by atoms with Gasteiger partial charge in [-0.25, -0.2) is 0 Å². The van der Waals surface area contributed by atoms with E-state index in [1.54, 1.807) is 14.2 Å². The lowest BCUT2D eigenvalue weighted by Crippen LogP contribution is -2.43. The first-order chi connectivity index (χ1) is 12.2. The Morgan fingerprint density at radius 2 is 2.00 bits per heavy atom. The summed E-state index contributed by atoms with van der Waals surface area (Å²) in [5, 5.41) is 6.95. The van der Waals surface area contributed by atoms with Crippen LogP contribution in [0.1, 0.15) is 37.7 Å². The highest BCUT2D eigenvalue weighted by Gasteiger charge is 2.33. The largest absolute Gasteiger partial charge is 0.497 e. The minimum atomic E-state index is 0.362. The second kappa shape index (κ2) is 10.3. The molecule has 2 rings (SSSR count). The van der Waals surface area contributed by atoms with Gasteiger partial charge in [0.15, 0.2) is 5.96 Å². The number of nitrogens with one attached hydrogen (secondary N) is 2. The predicted molar refractivity (Wildman–Crippen MR) is 103 cm³/mol. The molecule has 1 aliphatic rings. The molecule has 5 heteroatoms. The normalized spacial score (nSPS) is 16.7. The lowest BCUT2D eigenvalue weighted by Gasteiger charge is -2.30. The van der Waals surface area contributed by atoms with E-state index in [1.165, 1.54) is 31.2 Å². The first-order valence-electron chi connectivity index (χ1n) is 9.28. The average molecular weight is 348 g/mol. The Morgan fingerprint density at radius 1 is 1.20 bits per heavy atom. The summed E-state index contributed by atoms with van der Waals surface area (Å²) >= 11 is 0. The smallest absolute Gasteiger partial charge is 0.191 e. The summed E-state index contributed by atoms with van der Waals surface area (Å²) in [6.07, 6.45) is 7.28. The van der Waals surface area contributed by atoms with E-state index in [0.29, 0.717) is 5.41 Å². The van der Waals surface area contributed by atoms with Gasteiger partial charge >= 0.3 is 0 Å². The van der Waals surface area contributed by atoms with Crippen LogP contribution in [0.5, 0.6) is 5.75 Å². The predicted octanol–water partition coefficient (Wildman–Crippen LogP) is 3.00. The summed E-state index contributed by atoms with van der Waals surface area (Å²) in [6, 6.07) is 8.20. The topological polar surface area (TPSA) is 54.9 Å². The maximum atomic E-state index is 5.31. The average Bonchev–Trinajstić information content (AvgIpc) is 3.12. The molecule has 0 spiro atoms. The van der Waals surface area contributed by atoms with Crippen molar-refractivity contribution in [3.63, 3.8) is 0 Å². The Bertz CT molecular complexity index is 539. The Hall–Kier alpha value is -1.75. The Labute approximate surface area is 152 Å². The van der Waals surface area contributed by atoms with Crippen molar-refractivity contribution in [1.82, 2.24) is 10.6 Å². The van der Waals surface area contributed by atoms with Crippen molar-refractivity contribution in [2.45, 2.75) is 38.5 Å². The fourth-order valence-electron chi connectivity index (χ4n) is 3.60. The summed E-state index contributed by atoms with van der Waals surface area (Å²) in [5.74, 6) is 1.79. The minimum Gasteiger partial charge on any atom is -0.497 e. The van der Waals surface area contributed by atoms with Crippen LogP contribution in [0.2, 0.25) is 0 Å². The van der Waals surface area contributed by atoms with Crippen LogP contribution in [0.4, 0.5) is 0 Å². The van der Waals surface area contributed by atoms with Crippen LogP contribution in [0.25, 0.3) is 0 Å². The zero-order valence-electron chi connectivity index (χ0n) is 15.9. The molecule has 0 radical (unpaired) electrons. The quantitative estimate of drug-likeness (QED) is 0.533. The fraction of sp³-hybridized carbons (Fsp3) is 0.650. The van der Waals surface area contributed by atoms with E-state index >= 15 is 0 Å². The van der Waals surface area contributed by atoms with Crippen molar-refractivity contribution in [1.29, 1.82) is 0 Å². The van der Waals surface area contributed by atoms with E-state index in [-0.39, 0.29) is 0 Å². The van der Waals surface area contributed by atoms with Crippen molar-refractivity contribution >= 4 is 5.96 Å². The van der Waals surface area contributed by atoms with E-state index in [9.17, 15) is 0 Å². The summed E-state index contributed by atoms with van der Waals surface area (Å²) in [5.41, 5.74) is 1.62. The van der Waals surface area contributed by atoms with E-state index in [2.05, 4.69) is 27.8 Å². The van der Waals surface area contributed by atoms with Crippen molar-refractivity contribution in [3.8, 4) is 5.75 Å². The molecule has 1 aliphatic carbocycles. The van der Waals surface area contributed by atoms with Crippen LogP contribution in [0.3, 0.4) is 0 Å². The maximum Gasteiger partial charge on any atom is 0.191 e. The summed E-state index contributed by atoms with van der Waals surface area (Å²) in [7, 11) is 5.32. The van der Waals surface area contributed by atoms with E-state index < -0.39 is 0 Å². The lowest BCUT2D eigenvalue weighted by molar-refractivity contribution is 0.138. The van der Waals surface area contributed by atoms with Crippen LogP contribution in [-0.2, 0) is 11.2 Å². The highest BCUT2D eigenvalue weighted by molar-refractivity contribution is 5.79. The maximum absolute atomic E-state index is 5.31. The second-order valence-electron chi connectivity index (χ2n) is 6.90. The first-order valence-corrected chi connectivity index (χ1v) is 9.28. The third-order valence-corrected chi connectivity index (χ3v) is 5.20. The van der Waals surface area contributed by atoms with E-state index in [4.69, 9.17) is 9.47 Å². The van der Waals surface area contributed by atoms with Gasteiger partial charge in [0.1, 0.15) is 5.75 Å². The third kappa shape index (κ3) is 6.24. The molecule has 0 bridgehead atoms. The Balaban J connectivity index is 1.78. The summed E-state index contributed by atoms with van der Waals surface area (Å²) in [4.78, 5) is 4.36. The Kier molecular flexibility index (Phi) is 8.06. The summed E-state index contributed by atoms with van der Waals surface area (Å²) < 4.78 is 10.6. The highest BCUT2D eigenvalue weighted by Crippen LogP contribution is 2.40. The third-order valence-electron chi connectivity index (χ3n) is 5.20. The van der Waals surface area contributed by atoms with Gasteiger partial charge in [0.2, 0.25) is 0 Å². The molecule has 140 valence electrons. The first kappa shape index (κ1) is 19.6. The molecule has 1 aromatic rings. The molecule has 0 unspecified atom stereocenters. The molecule has 1 aromatic carbocycles. The van der Waals surface area contributed by atoms with Crippen molar-refractivity contribution < 1.29 is 9.47 Å². The molecular weight excluding hydrogens is 314 g/mol. The van der Waals surface area contributed by atoms with Crippen molar-refractivity contribution in [2.24, 2.45) is 10.4 Å². The van der Waals surface area contributed by atoms with Gasteiger partial charge in [-0.3, -0.25) is 4.99 Å². The molecular formula is C20H33N3O2. The van der Waals surface area contributed by atoms with Crippen LogP contribution < -0.4 is 15.4 Å². The zero-order chi connectivity index (χ0) is 18.0. The Morgan fingerprint density at radius 3 is 2.68 bits per heavy atom. The number of rotatable bonds is 9. The van der Waals surface area contributed by atoms with E-state index in [0.717, 1.165) is 44.2 Å². The number of hydrogen-bond acceptors (Lipinski definition) is 3. The number of benzene rings is 1. The van der Waals surface area contributed by atoms with Crippen LogP contribution >= 0.6 is 0 Å². The zero-order valence-corrected chi connectivity index (χ0v) is 15.9. The number of methoxy groups -OCH3 is 2. The van der Waals surface area contributed by atoms with Gasteiger partial charge in [0.25, 0.3) is 0 Å². The van der Waals surface area contributed by atoms with Crippen molar-refractivity contribution in [2.75, 3.05) is 41.0 Å². The molecule has 0 heterocycles. The van der Waals surface area contributed by atoms with Gasteiger partial charge in [0, 0.05) is 33.9 Å². The number of nitrogens with zero attached hydrogens (tertiary/aromatic N) is 1.